The van der Waals surface area contributed by atoms with E-state index in [0.717, 1.165) is 18.2 Å². The molecule has 1 fully saturated rings. The van der Waals surface area contributed by atoms with Crippen molar-refractivity contribution in [1.29, 1.82) is 0 Å². The zero-order valence-corrected chi connectivity index (χ0v) is 11.3. The first-order valence-electron chi connectivity index (χ1n) is 7.18. The van der Waals surface area contributed by atoms with E-state index in [9.17, 15) is 4.79 Å². The molecule has 2 N–H and O–H groups in total. The number of imidazole rings is 1. The Kier molecular flexibility index (Phi) is 3.31. The van der Waals surface area contributed by atoms with Gasteiger partial charge in [0, 0.05) is 19.0 Å². The maximum Gasteiger partial charge on any atom is 0.321 e. The molecular formula is C14H21N3O2. The Morgan fingerprint density at radius 2 is 2.26 bits per heavy atom. The number of hydrogen-bond donors (Lipinski definition) is 2. The smallest absolute Gasteiger partial charge is 0.321 e. The minimum Gasteiger partial charge on any atom is -0.480 e. The highest BCUT2D eigenvalue weighted by Gasteiger charge is 2.32. The lowest BCUT2D eigenvalue weighted by Crippen LogP contribution is -2.44. The summed E-state index contributed by atoms with van der Waals surface area (Å²) >= 11 is 0. The number of aliphatic carboxylic acids is 1. The van der Waals surface area contributed by atoms with Crippen LogP contribution in [0.2, 0.25) is 0 Å². The van der Waals surface area contributed by atoms with Crippen molar-refractivity contribution in [3.05, 3.63) is 17.7 Å². The van der Waals surface area contributed by atoms with Gasteiger partial charge in [0.15, 0.2) is 0 Å². The molecule has 2 aliphatic rings. The van der Waals surface area contributed by atoms with Gasteiger partial charge in [0.25, 0.3) is 0 Å². The fourth-order valence-corrected chi connectivity index (χ4v) is 3.50. The molecule has 1 saturated carbocycles. The van der Waals surface area contributed by atoms with E-state index in [4.69, 9.17) is 5.11 Å². The van der Waals surface area contributed by atoms with E-state index in [2.05, 4.69) is 14.9 Å². The van der Waals surface area contributed by atoms with Gasteiger partial charge in [-0.3, -0.25) is 10.1 Å². The molecule has 1 aromatic rings. The minimum absolute atomic E-state index is 0.0637. The standard InChI is InChI=1S/C14H21N3O2/c1-9-13-11(6-12(16-9)14(18)19)15-8-17(13)7-10-4-2-3-5-10/h8-10,12,16H,2-7H2,1H3,(H,18,19). The number of rotatable bonds is 3. The van der Waals surface area contributed by atoms with E-state index in [1.165, 1.54) is 31.4 Å². The van der Waals surface area contributed by atoms with Crippen LogP contribution in [0.5, 0.6) is 0 Å². The number of aromatic nitrogens is 2. The highest BCUT2D eigenvalue weighted by Crippen LogP contribution is 2.30. The molecule has 5 heteroatoms. The molecule has 0 radical (unpaired) electrons. The summed E-state index contributed by atoms with van der Waals surface area (Å²) in [6.07, 6.45) is 7.70. The van der Waals surface area contributed by atoms with Crippen LogP contribution < -0.4 is 5.32 Å². The van der Waals surface area contributed by atoms with Crippen molar-refractivity contribution in [2.75, 3.05) is 0 Å². The molecular weight excluding hydrogens is 242 g/mol. The number of carboxylic acids is 1. The highest BCUT2D eigenvalue weighted by molar-refractivity contribution is 5.74. The van der Waals surface area contributed by atoms with Gasteiger partial charge in [-0.05, 0) is 25.7 Å². The monoisotopic (exact) mass is 263 g/mol. The summed E-state index contributed by atoms with van der Waals surface area (Å²) in [5.74, 6) is -0.0226. The average Bonchev–Trinajstić information content (AvgIpc) is 2.99. The summed E-state index contributed by atoms with van der Waals surface area (Å²) in [5.41, 5.74) is 2.14. The zero-order valence-electron chi connectivity index (χ0n) is 11.3. The van der Waals surface area contributed by atoms with Crippen molar-refractivity contribution < 1.29 is 9.90 Å². The number of carbonyl (C=O) groups is 1. The molecule has 3 rings (SSSR count). The van der Waals surface area contributed by atoms with E-state index in [1.807, 2.05) is 13.3 Å². The van der Waals surface area contributed by atoms with Crippen molar-refractivity contribution in [2.24, 2.45) is 5.92 Å². The molecule has 1 aromatic heterocycles. The van der Waals surface area contributed by atoms with Gasteiger partial charge in [0.2, 0.25) is 0 Å². The third kappa shape index (κ3) is 2.39. The van der Waals surface area contributed by atoms with Crippen LogP contribution in [0.1, 0.15) is 50.0 Å². The van der Waals surface area contributed by atoms with Gasteiger partial charge in [0.05, 0.1) is 17.7 Å². The summed E-state index contributed by atoms with van der Waals surface area (Å²) < 4.78 is 2.24. The predicted molar refractivity (Wildman–Crippen MR) is 70.9 cm³/mol. The summed E-state index contributed by atoms with van der Waals surface area (Å²) in [4.78, 5) is 15.5. The van der Waals surface area contributed by atoms with Crippen molar-refractivity contribution in [3.63, 3.8) is 0 Å². The van der Waals surface area contributed by atoms with Crippen LogP contribution in [0.3, 0.4) is 0 Å². The van der Waals surface area contributed by atoms with Crippen molar-refractivity contribution in [3.8, 4) is 0 Å². The van der Waals surface area contributed by atoms with Gasteiger partial charge in [-0.15, -0.1) is 0 Å². The Morgan fingerprint density at radius 3 is 2.95 bits per heavy atom. The first-order valence-corrected chi connectivity index (χ1v) is 7.18. The Bertz CT molecular complexity index is 477. The summed E-state index contributed by atoms with van der Waals surface area (Å²) in [5, 5.41) is 12.3. The lowest BCUT2D eigenvalue weighted by atomic mass is 9.99. The van der Waals surface area contributed by atoms with Gasteiger partial charge < -0.3 is 9.67 Å². The Hall–Kier alpha value is -1.36. The second-order valence-corrected chi connectivity index (χ2v) is 5.86. The molecule has 0 amide bonds. The lowest BCUT2D eigenvalue weighted by molar-refractivity contribution is -0.139. The number of fused-ring (bicyclic) bond motifs is 1. The van der Waals surface area contributed by atoms with E-state index in [1.54, 1.807) is 0 Å². The molecule has 2 atom stereocenters. The quantitative estimate of drug-likeness (QED) is 0.871. The molecule has 0 bridgehead atoms. The molecule has 0 saturated heterocycles. The molecule has 1 aliphatic carbocycles. The third-order valence-corrected chi connectivity index (χ3v) is 4.44. The zero-order chi connectivity index (χ0) is 13.4. The van der Waals surface area contributed by atoms with Crippen LogP contribution in [0, 0.1) is 5.92 Å². The van der Waals surface area contributed by atoms with Crippen molar-refractivity contribution in [2.45, 2.75) is 57.7 Å². The fourth-order valence-electron chi connectivity index (χ4n) is 3.50. The van der Waals surface area contributed by atoms with E-state index in [-0.39, 0.29) is 6.04 Å². The van der Waals surface area contributed by atoms with Crippen LogP contribution in [0.25, 0.3) is 0 Å². The second-order valence-electron chi connectivity index (χ2n) is 5.86. The van der Waals surface area contributed by atoms with E-state index >= 15 is 0 Å². The first-order chi connectivity index (χ1) is 9.15. The SMILES string of the molecule is CC1NC(C(=O)O)Cc2ncn(CC3CCCC3)c21. The Balaban J connectivity index is 1.80. The highest BCUT2D eigenvalue weighted by atomic mass is 16.4. The van der Waals surface area contributed by atoms with Crippen LogP contribution in [-0.4, -0.2) is 26.7 Å². The number of nitrogens with one attached hydrogen (secondary N) is 1. The van der Waals surface area contributed by atoms with Crippen LogP contribution in [0.15, 0.2) is 6.33 Å². The third-order valence-electron chi connectivity index (χ3n) is 4.44. The van der Waals surface area contributed by atoms with E-state index in [0.29, 0.717) is 6.42 Å². The minimum atomic E-state index is -0.789. The first kappa shape index (κ1) is 12.7. The van der Waals surface area contributed by atoms with Gasteiger partial charge in [0.1, 0.15) is 6.04 Å². The molecule has 104 valence electrons. The lowest BCUT2D eigenvalue weighted by Gasteiger charge is -2.27. The van der Waals surface area contributed by atoms with E-state index < -0.39 is 12.0 Å². The van der Waals surface area contributed by atoms with Crippen LogP contribution >= 0.6 is 0 Å². The number of carboxylic acid groups (broad SMARTS) is 1. The van der Waals surface area contributed by atoms with Crippen LogP contribution in [0.4, 0.5) is 0 Å². The van der Waals surface area contributed by atoms with Gasteiger partial charge in [-0.25, -0.2) is 4.98 Å². The molecule has 2 unspecified atom stereocenters. The molecule has 5 nitrogen and oxygen atoms in total. The molecule has 0 spiro atoms. The average molecular weight is 263 g/mol. The summed E-state index contributed by atoms with van der Waals surface area (Å²) in [7, 11) is 0. The molecule has 0 aromatic carbocycles. The molecule has 19 heavy (non-hydrogen) atoms. The van der Waals surface area contributed by atoms with Gasteiger partial charge in [-0.1, -0.05) is 12.8 Å². The summed E-state index contributed by atoms with van der Waals surface area (Å²) in [6, 6.07) is -0.439. The van der Waals surface area contributed by atoms with Crippen molar-refractivity contribution in [1.82, 2.24) is 14.9 Å². The Morgan fingerprint density at radius 1 is 1.53 bits per heavy atom. The fraction of sp³-hybridized carbons (Fsp3) is 0.714. The number of hydrogen-bond acceptors (Lipinski definition) is 3. The summed E-state index contributed by atoms with van der Waals surface area (Å²) in [6.45, 7) is 3.06. The largest absolute Gasteiger partial charge is 0.480 e. The predicted octanol–water partition coefficient (Wildman–Crippen LogP) is 1.73. The van der Waals surface area contributed by atoms with Gasteiger partial charge >= 0.3 is 5.97 Å². The topological polar surface area (TPSA) is 67.2 Å². The Labute approximate surface area is 113 Å². The molecule has 1 aliphatic heterocycles. The maximum absolute atomic E-state index is 11.1. The van der Waals surface area contributed by atoms with Crippen molar-refractivity contribution >= 4 is 5.97 Å². The van der Waals surface area contributed by atoms with Crippen LogP contribution in [-0.2, 0) is 17.8 Å². The normalized spacial score (nSPS) is 27.4. The second kappa shape index (κ2) is 4.96. The van der Waals surface area contributed by atoms with Gasteiger partial charge in [-0.2, -0.15) is 0 Å². The number of nitrogens with zero attached hydrogens (tertiary/aromatic N) is 2. The molecule has 2 heterocycles. The maximum atomic E-state index is 11.1.